The summed E-state index contributed by atoms with van der Waals surface area (Å²) < 4.78 is 24.9. The maximum absolute atomic E-state index is 12.5. The summed E-state index contributed by atoms with van der Waals surface area (Å²) in [4.78, 5) is 0. The lowest BCUT2D eigenvalue weighted by Gasteiger charge is -2.30. The molecule has 1 rings (SSSR count). The molecule has 0 bridgehead atoms. The van der Waals surface area contributed by atoms with Crippen molar-refractivity contribution in [1.82, 2.24) is 10.4 Å². The Morgan fingerprint density at radius 2 is 1.80 bits per heavy atom. The highest BCUT2D eigenvalue weighted by Crippen LogP contribution is 2.26. The van der Waals surface area contributed by atoms with Gasteiger partial charge in [-0.05, 0) is 7.05 Å². The first-order valence-electron chi connectivity index (χ1n) is 3.44. The highest BCUT2D eigenvalue weighted by molar-refractivity contribution is 4.74. The standard InChI is InChI=1S/C6H12F2N2/c1-9-10-4-2-6(7,8)3-5-10/h9H,2-5H2,1H3. The van der Waals surface area contributed by atoms with E-state index < -0.39 is 5.92 Å². The van der Waals surface area contributed by atoms with Crippen LogP contribution < -0.4 is 5.43 Å². The van der Waals surface area contributed by atoms with Crippen LogP contribution in [0.3, 0.4) is 0 Å². The Bertz CT molecular complexity index is 106. The Morgan fingerprint density at radius 3 is 2.20 bits per heavy atom. The molecule has 60 valence electrons. The van der Waals surface area contributed by atoms with Gasteiger partial charge in [-0.3, -0.25) is 5.43 Å². The fraction of sp³-hybridized carbons (Fsp3) is 1.00. The van der Waals surface area contributed by atoms with Crippen LogP contribution in [0.5, 0.6) is 0 Å². The number of hydrogen-bond donors (Lipinski definition) is 1. The third-order valence-electron chi connectivity index (χ3n) is 1.81. The molecule has 1 aliphatic rings. The van der Waals surface area contributed by atoms with Crippen molar-refractivity contribution < 1.29 is 8.78 Å². The van der Waals surface area contributed by atoms with E-state index in [4.69, 9.17) is 0 Å². The molecule has 1 aliphatic heterocycles. The highest BCUT2D eigenvalue weighted by Gasteiger charge is 2.33. The molecule has 0 saturated carbocycles. The van der Waals surface area contributed by atoms with Gasteiger partial charge in [0.05, 0.1) is 0 Å². The zero-order valence-electron chi connectivity index (χ0n) is 6.03. The van der Waals surface area contributed by atoms with Gasteiger partial charge in [0.2, 0.25) is 0 Å². The van der Waals surface area contributed by atoms with E-state index in [1.54, 1.807) is 12.1 Å². The minimum atomic E-state index is -2.42. The van der Waals surface area contributed by atoms with Crippen molar-refractivity contribution in [1.29, 1.82) is 0 Å². The lowest BCUT2D eigenvalue weighted by molar-refractivity contribution is -0.0634. The quantitative estimate of drug-likeness (QED) is 0.596. The normalized spacial score (nSPS) is 26.7. The van der Waals surface area contributed by atoms with Crippen LogP contribution in [0.4, 0.5) is 8.78 Å². The van der Waals surface area contributed by atoms with Crippen LogP contribution in [0.2, 0.25) is 0 Å². The Labute approximate surface area is 59.2 Å². The molecular weight excluding hydrogens is 138 g/mol. The Kier molecular flexibility index (Phi) is 2.21. The second kappa shape index (κ2) is 2.80. The molecule has 0 radical (unpaired) electrons. The monoisotopic (exact) mass is 150 g/mol. The summed E-state index contributed by atoms with van der Waals surface area (Å²) in [6, 6.07) is 0. The topological polar surface area (TPSA) is 15.3 Å². The van der Waals surface area contributed by atoms with Crippen molar-refractivity contribution >= 4 is 0 Å². The molecule has 10 heavy (non-hydrogen) atoms. The van der Waals surface area contributed by atoms with Gasteiger partial charge in [-0.25, -0.2) is 13.8 Å². The third kappa shape index (κ3) is 1.88. The molecular formula is C6H12F2N2. The van der Waals surface area contributed by atoms with Crippen molar-refractivity contribution in [3.05, 3.63) is 0 Å². The van der Waals surface area contributed by atoms with Crippen molar-refractivity contribution in [3.8, 4) is 0 Å². The van der Waals surface area contributed by atoms with Gasteiger partial charge in [0.1, 0.15) is 0 Å². The zero-order valence-corrected chi connectivity index (χ0v) is 6.03. The number of nitrogens with one attached hydrogen (secondary N) is 1. The molecule has 1 saturated heterocycles. The van der Waals surface area contributed by atoms with Crippen LogP contribution in [-0.4, -0.2) is 31.1 Å². The van der Waals surface area contributed by atoms with Gasteiger partial charge >= 0.3 is 0 Å². The molecule has 4 heteroatoms. The van der Waals surface area contributed by atoms with Gasteiger partial charge in [0, 0.05) is 25.9 Å². The number of rotatable bonds is 1. The van der Waals surface area contributed by atoms with Crippen molar-refractivity contribution in [2.75, 3.05) is 20.1 Å². The Hall–Kier alpha value is -0.220. The number of hydrazine groups is 1. The summed E-state index contributed by atoms with van der Waals surface area (Å²) >= 11 is 0. The fourth-order valence-corrected chi connectivity index (χ4v) is 1.06. The summed E-state index contributed by atoms with van der Waals surface area (Å²) in [6.45, 7) is 0.896. The summed E-state index contributed by atoms with van der Waals surface area (Å²) in [6.07, 6.45) is -0.0400. The van der Waals surface area contributed by atoms with E-state index in [2.05, 4.69) is 5.43 Å². The average molecular weight is 150 g/mol. The van der Waals surface area contributed by atoms with Crippen LogP contribution in [0.1, 0.15) is 12.8 Å². The molecule has 0 spiro atoms. The molecule has 0 atom stereocenters. The number of hydrogen-bond acceptors (Lipinski definition) is 2. The number of piperidine rings is 1. The van der Waals surface area contributed by atoms with E-state index in [1.807, 2.05) is 0 Å². The molecule has 0 unspecified atom stereocenters. The van der Waals surface area contributed by atoms with Crippen LogP contribution in [-0.2, 0) is 0 Å². The van der Waals surface area contributed by atoms with Gasteiger partial charge in [-0.1, -0.05) is 0 Å². The fourth-order valence-electron chi connectivity index (χ4n) is 1.06. The van der Waals surface area contributed by atoms with Crippen molar-refractivity contribution in [3.63, 3.8) is 0 Å². The van der Waals surface area contributed by atoms with Crippen LogP contribution in [0.15, 0.2) is 0 Å². The first-order chi connectivity index (χ1) is 4.64. The van der Waals surface area contributed by atoms with E-state index in [9.17, 15) is 8.78 Å². The first kappa shape index (κ1) is 7.88. The minimum Gasteiger partial charge on any atom is -0.258 e. The number of alkyl halides is 2. The second-order valence-electron chi connectivity index (χ2n) is 2.57. The SMILES string of the molecule is CNN1CCC(F)(F)CC1. The molecule has 0 aromatic heterocycles. The molecule has 2 nitrogen and oxygen atoms in total. The van der Waals surface area contributed by atoms with E-state index >= 15 is 0 Å². The maximum atomic E-state index is 12.5. The molecule has 1 N–H and O–H groups in total. The predicted octanol–water partition coefficient (Wildman–Crippen LogP) is 0.852. The third-order valence-corrected chi connectivity index (χ3v) is 1.81. The average Bonchev–Trinajstić information content (AvgIpc) is 1.88. The molecule has 0 aliphatic carbocycles. The summed E-state index contributed by atoms with van der Waals surface area (Å²) in [7, 11) is 1.75. The van der Waals surface area contributed by atoms with Gasteiger partial charge in [0.15, 0.2) is 0 Å². The van der Waals surface area contributed by atoms with Crippen molar-refractivity contribution in [2.24, 2.45) is 0 Å². The summed E-state index contributed by atoms with van der Waals surface area (Å²) in [5, 5.41) is 1.80. The predicted molar refractivity (Wildman–Crippen MR) is 34.8 cm³/mol. The summed E-state index contributed by atoms with van der Waals surface area (Å²) in [5.41, 5.74) is 2.84. The van der Waals surface area contributed by atoms with Crippen LogP contribution in [0.25, 0.3) is 0 Å². The van der Waals surface area contributed by atoms with E-state index in [0.717, 1.165) is 0 Å². The van der Waals surface area contributed by atoms with Gasteiger partial charge in [0.25, 0.3) is 5.92 Å². The van der Waals surface area contributed by atoms with E-state index in [1.165, 1.54) is 0 Å². The lowest BCUT2D eigenvalue weighted by Crippen LogP contribution is -2.45. The van der Waals surface area contributed by atoms with Crippen LogP contribution in [0, 0.1) is 0 Å². The van der Waals surface area contributed by atoms with E-state index in [-0.39, 0.29) is 12.8 Å². The second-order valence-corrected chi connectivity index (χ2v) is 2.57. The molecule has 0 aromatic rings. The molecule has 0 aromatic carbocycles. The molecule has 1 heterocycles. The van der Waals surface area contributed by atoms with E-state index in [0.29, 0.717) is 13.1 Å². The largest absolute Gasteiger partial charge is 0.258 e. The Balaban J connectivity index is 2.31. The summed E-state index contributed by atoms with van der Waals surface area (Å²) in [5.74, 6) is -2.42. The smallest absolute Gasteiger partial charge is 0.250 e. The van der Waals surface area contributed by atoms with Crippen molar-refractivity contribution in [2.45, 2.75) is 18.8 Å². The Morgan fingerprint density at radius 1 is 1.30 bits per heavy atom. The van der Waals surface area contributed by atoms with Gasteiger partial charge < -0.3 is 0 Å². The number of halogens is 2. The van der Waals surface area contributed by atoms with Crippen LogP contribution >= 0.6 is 0 Å². The zero-order chi connectivity index (χ0) is 7.61. The molecule has 0 amide bonds. The lowest BCUT2D eigenvalue weighted by atomic mass is 10.1. The van der Waals surface area contributed by atoms with Gasteiger partial charge in [-0.2, -0.15) is 0 Å². The minimum absolute atomic E-state index is 0.0200. The highest BCUT2D eigenvalue weighted by atomic mass is 19.3. The number of nitrogens with zero attached hydrogens (tertiary/aromatic N) is 1. The first-order valence-corrected chi connectivity index (χ1v) is 3.44. The van der Waals surface area contributed by atoms with Gasteiger partial charge in [-0.15, -0.1) is 0 Å². The molecule has 1 fully saturated rings. The maximum Gasteiger partial charge on any atom is 0.250 e.